The van der Waals surface area contributed by atoms with Crippen molar-refractivity contribution in [3.63, 3.8) is 0 Å². The summed E-state index contributed by atoms with van der Waals surface area (Å²) in [5.74, 6) is 0.828. The Bertz CT molecular complexity index is 2700. The number of amides is 3. The number of nitrogens with zero attached hydrogens (tertiary/aromatic N) is 3. The number of aromatic nitrogens is 1. The molecule has 0 radical (unpaired) electrons. The first-order chi connectivity index (χ1) is 33.2. The van der Waals surface area contributed by atoms with Gasteiger partial charge in [0.15, 0.2) is 5.75 Å². The number of β-amino-alcohol motifs (C(OH)–C–C–N with tert-alkyl or cyclic N) is 1. The minimum absolute atomic E-state index is 0.0123. The summed E-state index contributed by atoms with van der Waals surface area (Å²) in [6.07, 6.45) is 1.77. The summed E-state index contributed by atoms with van der Waals surface area (Å²) in [5.41, 5.74) is 4.92. The average molecular weight is 978 g/mol. The molecule has 0 saturated carbocycles. The van der Waals surface area contributed by atoms with Crippen LogP contribution in [0.25, 0.3) is 31.0 Å². The molecule has 0 bridgehead atoms. The van der Waals surface area contributed by atoms with Gasteiger partial charge < -0.3 is 40.0 Å². The Kier molecular flexibility index (Phi) is 16.0. The molecule has 3 amide bonds. The number of phenols is 1. The molecule has 8 rings (SSSR count). The number of benzene rings is 4. The second-order valence-corrected chi connectivity index (χ2v) is 20.7. The van der Waals surface area contributed by atoms with Crippen LogP contribution in [0.4, 0.5) is 4.39 Å². The molecule has 13 nitrogen and oxygen atoms in total. The second kappa shape index (κ2) is 22.2. The normalized spacial score (nSPS) is 17.2. The Hall–Kier alpha value is -5.91. The van der Waals surface area contributed by atoms with E-state index in [4.69, 9.17) is 14.2 Å². The van der Waals surface area contributed by atoms with Crippen LogP contribution in [0.1, 0.15) is 64.1 Å². The quantitative estimate of drug-likeness (QED) is 0.0612. The van der Waals surface area contributed by atoms with E-state index in [1.807, 2.05) is 87.8 Å². The lowest BCUT2D eigenvalue weighted by molar-refractivity contribution is -0.144. The second-order valence-electron chi connectivity index (χ2n) is 18.8. The van der Waals surface area contributed by atoms with Crippen LogP contribution < -0.4 is 20.1 Å². The van der Waals surface area contributed by atoms with Crippen LogP contribution >= 0.6 is 22.7 Å². The first-order valence-corrected chi connectivity index (χ1v) is 25.2. The number of thiophene rings is 1. The maximum Gasteiger partial charge on any atom is 0.246 e. The zero-order valence-corrected chi connectivity index (χ0v) is 41.0. The van der Waals surface area contributed by atoms with E-state index in [9.17, 15) is 29.0 Å². The van der Waals surface area contributed by atoms with E-state index in [1.54, 1.807) is 35.6 Å². The van der Waals surface area contributed by atoms with Gasteiger partial charge in [-0.2, -0.15) is 0 Å². The van der Waals surface area contributed by atoms with Crippen molar-refractivity contribution in [1.82, 2.24) is 25.4 Å². The van der Waals surface area contributed by atoms with Gasteiger partial charge in [0.05, 0.1) is 33.2 Å². The molecule has 4 N–H and O–H groups in total. The number of hydrogen-bond donors (Lipinski definition) is 4. The summed E-state index contributed by atoms with van der Waals surface area (Å²) in [5, 5.41) is 27.4. The Balaban J connectivity index is 0.734. The monoisotopic (exact) mass is 977 g/mol. The van der Waals surface area contributed by atoms with Crippen LogP contribution in [0.15, 0.2) is 96.5 Å². The van der Waals surface area contributed by atoms with Crippen LogP contribution in [-0.2, 0) is 25.7 Å². The molecule has 1 unspecified atom stereocenters. The number of likely N-dealkylation sites (tertiary alicyclic amines) is 2. The molecule has 2 aromatic heterocycles. The molecular formula is C53H60FN5O8S2. The smallest absolute Gasteiger partial charge is 0.246 e. The zero-order chi connectivity index (χ0) is 48.7. The molecule has 0 spiro atoms. The highest BCUT2D eigenvalue weighted by Crippen LogP contribution is 2.47. The third-order valence-electron chi connectivity index (χ3n) is 12.6. The van der Waals surface area contributed by atoms with Crippen LogP contribution in [-0.4, -0.2) is 106 Å². The fourth-order valence-corrected chi connectivity index (χ4v) is 10.7. The van der Waals surface area contributed by atoms with Crippen LogP contribution in [0.2, 0.25) is 0 Å². The fraction of sp³-hybridized carbons (Fsp3) is 0.396. The highest BCUT2D eigenvalue weighted by atomic mass is 32.1. The molecule has 364 valence electrons. The van der Waals surface area contributed by atoms with Crippen molar-refractivity contribution >= 4 is 50.5 Å². The third kappa shape index (κ3) is 12.7. The lowest BCUT2D eigenvalue weighted by atomic mass is 9.85. The molecule has 16 heteroatoms. The highest BCUT2D eigenvalue weighted by Gasteiger charge is 2.44. The molecule has 2 aliphatic rings. The summed E-state index contributed by atoms with van der Waals surface area (Å²) < 4.78 is 33.2. The van der Waals surface area contributed by atoms with Crippen LogP contribution in [0.3, 0.4) is 0 Å². The van der Waals surface area contributed by atoms with Crippen molar-refractivity contribution in [2.75, 3.05) is 39.4 Å². The lowest BCUT2D eigenvalue weighted by Gasteiger charge is -2.35. The van der Waals surface area contributed by atoms with Gasteiger partial charge in [0.2, 0.25) is 17.7 Å². The van der Waals surface area contributed by atoms with E-state index >= 15 is 0 Å². The molecule has 2 saturated heterocycles. The number of halogens is 1. The van der Waals surface area contributed by atoms with Crippen LogP contribution in [0, 0.1) is 18.2 Å². The summed E-state index contributed by atoms with van der Waals surface area (Å²) in [7, 11) is 0. The molecule has 0 aliphatic carbocycles. The fourth-order valence-electron chi connectivity index (χ4n) is 8.76. The van der Waals surface area contributed by atoms with Crippen LogP contribution in [0.5, 0.6) is 23.0 Å². The first kappa shape index (κ1) is 49.5. The first-order valence-electron chi connectivity index (χ1n) is 23.5. The standard InChI is InChI=1S/C53H60FN5O8S2/c1-33-48(68-32-56-33)35-9-7-34(8-10-35)30-55-51(63)44-28-39(61)31-59(44)52(64)50(53(2,3)4)57-46(62)6-5-26-65-41-21-23-58(24-22-41)25-27-66-40-16-18-42(19-17-40)67-47-43-20-15-38(60)29-45(43)69-49(47)36-11-13-37(54)14-12-36/h7-20,29,32,39,41,44,50,60-61H,5-6,21-28,30-31H2,1-4H3,(H,55,63)(H,57,62)/t39-,44+,50?/m1/s1. The van der Waals surface area contributed by atoms with Gasteiger partial charge in [0.25, 0.3) is 0 Å². The molecule has 2 fully saturated rings. The summed E-state index contributed by atoms with van der Waals surface area (Å²) in [6.45, 7) is 11.3. The van der Waals surface area contributed by atoms with E-state index in [0.717, 1.165) is 80.5 Å². The van der Waals surface area contributed by atoms with Crippen molar-refractivity contribution in [1.29, 1.82) is 0 Å². The van der Waals surface area contributed by atoms with E-state index in [0.29, 0.717) is 31.1 Å². The molecule has 69 heavy (non-hydrogen) atoms. The zero-order valence-electron chi connectivity index (χ0n) is 39.4. The third-order valence-corrected chi connectivity index (χ3v) is 14.8. The largest absolute Gasteiger partial charge is 0.508 e. The molecule has 2 aliphatic heterocycles. The SMILES string of the molecule is Cc1ncsc1-c1ccc(CNC(=O)[C@@H]2C[C@@H](O)CN2C(=O)C(NC(=O)CCCOC2CCN(CCOc3ccc(Oc4c(-c5ccc(F)cc5)sc5cc(O)ccc45)cc3)CC2)C(C)(C)C)cc1. The predicted molar refractivity (Wildman–Crippen MR) is 267 cm³/mol. The maximum absolute atomic E-state index is 14.1. The number of phenolic OH excluding ortho intramolecular Hbond substituents is 1. The number of fused-ring (bicyclic) bond motifs is 1. The number of aliphatic hydroxyl groups excluding tert-OH is 1. The highest BCUT2D eigenvalue weighted by molar-refractivity contribution is 7.22. The number of aliphatic hydroxyl groups is 1. The van der Waals surface area contributed by atoms with Gasteiger partial charge in [-0.1, -0.05) is 57.2 Å². The number of piperidine rings is 1. The number of hydrogen-bond acceptors (Lipinski definition) is 12. The van der Waals surface area contributed by atoms with Gasteiger partial charge in [-0.05, 0) is 103 Å². The number of aryl methyl sites for hydroxylation is 1. The number of carbonyl (C=O) groups is 3. The molecule has 6 aromatic rings. The average Bonchev–Trinajstić information content (AvgIpc) is 4.05. The Morgan fingerprint density at radius 3 is 2.30 bits per heavy atom. The summed E-state index contributed by atoms with van der Waals surface area (Å²) >= 11 is 3.05. The van der Waals surface area contributed by atoms with Gasteiger partial charge in [-0.3, -0.25) is 19.3 Å². The Morgan fingerprint density at radius 1 is 0.913 bits per heavy atom. The van der Waals surface area contributed by atoms with Gasteiger partial charge in [0, 0.05) is 62.3 Å². The van der Waals surface area contributed by atoms with E-state index in [1.165, 1.54) is 28.4 Å². The molecule has 4 heterocycles. The number of carbonyl (C=O) groups excluding carboxylic acids is 3. The van der Waals surface area contributed by atoms with E-state index < -0.39 is 23.6 Å². The lowest BCUT2D eigenvalue weighted by Crippen LogP contribution is -2.57. The Morgan fingerprint density at radius 2 is 1.61 bits per heavy atom. The van der Waals surface area contributed by atoms with Gasteiger partial charge in [-0.25, -0.2) is 9.37 Å². The van der Waals surface area contributed by atoms with Crippen molar-refractivity contribution in [2.24, 2.45) is 5.41 Å². The van der Waals surface area contributed by atoms with Gasteiger partial charge >= 0.3 is 0 Å². The topological polar surface area (TPSA) is 163 Å². The maximum atomic E-state index is 14.1. The van der Waals surface area contributed by atoms with Crippen molar-refractivity contribution in [3.05, 3.63) is 114 Å². The van der Waals surface area contributed by atoms with E-state index in [-0.39, 0.29) is 61.3 Å². The summed E-state index contributed by atoms with van der Waals surface area (Å²) in [4.78, 5) is 50.8. The predicted octanol–water partition coefficient (Wildman–Crippen LogP) is 9.09. The number of rotatable bonds is 18. The molecule has 3 atom stereocenters. The number of ether oxygens (including phenoxy) is 3. The Labute approximate surface area is 410 Å². The molecule has 4 aromatic carbocycles. The van der Waals surface area contributed by atoms with Gasteiger partial charge in [0.1, 0.15) is 41.8 Å². The molecular weight excluding hydrogens is 918 g/mol. The van der Waals surface area contributed by atoms with Gasteiger partial charge in [-0.15, -0.1) is 22.7 Å². The van der Waals surface area contributed by atoms with E-state index in [2.05, 4.69) is 20.5 Å². The number of thiazole rings is 1. The minimum Gasteiger partial charge on any atom is -0.508 e. The summed E-state index contributed by atoms with van der Waals surface area (Å²) in [6, 6.07) is 25.0. The number of aromatic hydroxyl groups is 1. The van der Waals surface area contributed by atoms with Crippen molar-refractivity contribution in [3.8, 4) is 43.9 Å². The number of nitrogens with one attached hydrogen (secondary N) is 2. The minimum atomic E-state index is -0.894. The van der Waals surface area contributed by atoms with Crippen molar-refractivity contribution < 1.29 is 43.2 Å². The van der Waals surface area contributed by atoms with Crippen molar-refractivity contribution in [2.45, 2.75) is 90.6 Å².